The van der Waals surface area contributed by atoms with E-state index in [0.29, 0.717) is 0 Å². The van der Waals surface area contributed by atoms with Gasteiger partial charge >= 0.3 is 0 Å². The molecule has 0 atom stereocenters. The molecule has 0 aromatic heterocycles. The van der Waals surface area contributed by atoms with Crippen molar-refractivity contribution in [3.05, 3.63) is 57.6 Å². The number of halogens is 1. The molecule has 3 nitrogen and oxygen atoms in total. The predicted octanol–water partition coefficient (Wildman–Crippen LogP) is 3.49. The highest BCUT2D eigenvalue weighted by atomic mass is 79.9. The molecule has 0 fully saturated rings. The number of rotatable bonds is 3. The van der Waals surface area contributed by atoms with Crippen LogP contribution in [0.5, 0.6) is 0 Å². The number of nitrogens with two attached hydrogens (primary N) is 1. The maximum absolute atomic E-state index is 12.5. The van der Waals surface area contributed by atoms with Gasteiger partial charge in [-0.3, -0.25) is 0 Å². The molecule has 0 amide bonds. The summed E-state index contributed by atoms with van der Waals surface area (Å²) in [5.74, 6) is -0.00783. The van der Waals surface area contributed by atoms with Crippen molar-refractivity contribution in [2.24, 2.45) is 0 Å². The summed E-state index contributed by atoms with van der Waals surface area (Å²) in [5, 5.41) is 0. The highest BCUT2D eigenvalue weighted by molar-refractivity contribution is 9.10. The lowest BCUT2D eigenvalue weighted by molar-refractivity contribution is 0.595. The van der Waals surface area contributed by atoms with Crippen molar-refractivity contribution in [3.63, 3.8) is 0 Å². The molecule has 1 aliphatic carbocycles. The fraction of sp³-hybridized carbons (Fsp3) is 0.250. The van der Waals surface area contributed by atoms with E-state index in [1.54, 1.807) is 18.2 Å². The topological polar surface area (TPSA) is 60.2 Å². The number of hydrogen-bond acceptors (Lipinski definition) is 3. The van der Waals surface area contributed by atoms with Gasteiger partial charge in [-0.15, -0.1) is 0 Å². The SMILES string of the molecule is Nc1cc(Br)ccc1S(=O)(=O)Cc1ccc2c(c1)CCC2. The zero-order chi connectivity index (χ0) is 15.0. The fourth-order valence-corrected chi connectivity index (χ4v) is 4.66. The Morgan fingerprint density at radius 1 is 1.05 bits per heavy atom. The van der Waals surface area contributed by atoms with E-state index in [2.05, 4.69) is 22.0 Å². The number of benzene rings is 2. The van der Waals surface area contributed by atoms with Crippen molar-refractivity contribution in [2.45, 2.75) is 29.9 Å². The third-order valence-corrected chi connectivity index (χ3v) is 6.08. The van der Waals surface area contributed by atoms with Crippen LogP contribution in [-0.2, 0) is 28.4 Å². The van der Waals surface area contributed by atoms with Gasteiger partial charge in [0.2, 0.25) is 0 Å². The summed E-state index contributed by atoms with van der Waals surface area (Å²) in [6, 6.07) is 10.9. The van der Waals surface area contributed by atoms with E-state index >= 15 is 0 Å². The van der Waals surface area contributed by atoms with Crippen molar-refractivity contribution < 1.29 is 8.42 Å². The monoisotopic (exact) mass is 365 g/mol. The van der Waals surface area contributed by atoms with E-state index in [1.165, 1.54) is 11.1 Å². The first-order valence-electron chi connectivity index (χ1n) is 6.84. The van der Waals surface area contributed by atoms with E-state index in [-0.39, 0.29) is 16.3 Å². The lowest BCUT2D eigenvalue weighted by atomic mass is 10.1. The number of anilines is 1. The molecule has 0 heterocycles. The van der Waals surface area contributed by atoms with Gasteiger partial charge < -0.3 is 5.73 Å². The maximum Gasteiger partial charge on any atom is 0.184 e. The predicted molar refractivity (Wildman–Crippen MR) is 87.9 cm³/mol. The lowest BCUT2D eigenvalue weighted by Gasteiger charge is -2.09. The molecule has 21 heavy (non-hydrogen) atoms. The molecule has 0 spiro atoms. The first kappa shape index (κ1) is 14.6. The third kappa shape index (κ3) is 2.99. The fourth-order valence-electron chi connectivity index (χ4n) is 2.81. The quantitative estimate of drug-likeness (QED) is 0.846. The van der Waals surface area contributed by atoms with Gasteiger partial charge in [0.05, 0.1) is 16.3 Å². The van der Waals surface area contributed by atoms with Gasteiger partial charge in [-0.2, -0.15) is 0 Å². The molecule has 5 heteroatoms. The van der Waals surface area contributed by atoms with Gasteiger partial charge in [-0.05, 0) is 54.2 Å². The zero-order valence-electron chi connectivity index (χ0n) is 11.5. The second-order valence-corrected chi connectivity index (χ2v) is 8.27. The second kappa shape index (κ2) is 5.46. The molecule has 2 aromatic carbocycles. The number of hydrogen-bond donors (Lipinski definition) is 1. The first-order chi connectivity index (χ1) is 9.95. The normalized spacial score (nSPS) is 14.1. The minimum absolute atomic E-state index is 0.00783. The van der Waals surface area contributed by atoms with Crippen LogP contribution in [0.3, 0.4) is 0 Å². The van der Waals surface area contributed by atoms with Gasteiger partial charge in [0.25, 0.3) is 0 Å². The van der Waals surface area contributed by atoms with Crippen LogP contribution in [-0.4, -0.2) is 8.42 Å². The molecule has 0 radical (unpaired) electrons. The zero-order valence-corrected chi connectivity index (χ0v) is 13.9. The Morgan fingerprint density at radius 3 is 2.57 bits per heavy atom. The average Bonchev–Trinajstić information content (AvgIpc) is 2.85. The first-order valence-corrected chi connectivity index (χ1v) is 9.29. The molecule has 110 valence electrons. The molecular formula is C16H16BrNO2S. The summed E-state index contributed by atoms with van der Waals surface area (Å²) in [6.07, 6.45) is 3.30. The Bertz CT molecular complexity index is 800. The molecular weight excluding hydrogens is 350 g/mol. The van der Waals surface area contributed by atoms with Gasteiger partial charge in [0.15, 0.2) is 9.84 Å². The van der Waals surface area contributed by atoms with Crippen LogP contribution in [0.2, 0.25) is 0 Å². The Morgan fingerprint density at radius 2 is 1.81 bits per heavy atom. The van der Waals surface area contributed by atoms with Crippen molar-refractivity contribution in [2.75, 3.05) is 5.73 Å². The Hall–Kier alpha value is -1.33. The van der Waals surface area contributed by atoms with Crippen LogP contribution >= 0.6 is 15.9 Å². The summed E-state index contributed by atoms with van der Waals surface area (Å²) in [4.78, 5) is 0.200. The molecule has 3 rings (SSSR count). The molecule has 2 aromatic rings. The largest absolute Gasteiger partial charge is 0.398 e. The van der Waals surface area contributed by atoms with Gasteiger partial charge in [0, 0.05) is 4.47 Å². The highest BCUT2D eigenvalue weighted by Gasteiger charge is 2.20. The number of sulfone groups is 1. The Balaban J connectivity index is 1.92. The van der Waals surface area contributed by atoms with E-state index < -0.39 is 9.84 Å². The minimum atomic E-state index is -3.42. The molecule has 1 aliphatic rings. The second-order valence-electron chi connectivity index (χ2n) is 5.40. The van der Waals surface area contributed by atoms with Crippen molar-refractivity contribution in [3.8, 4) is 0 Å². The van der Waals surface area contributed by atoms with Gasteiger partial charge in [0.1, 0.15) is 0 Å². The molecule has 0 saturated carbocycles. The van der Waals surface area contributed by atoms with Crippen molar-refractivity contribution in [1.29, 1.82) is 0 Å². The van der Waals surface area contributed by atoms with Crippen LogP contribution in [0.15, 0.2) is 45.8 Å². The summed E-state index contributed by atoms with van der Waals surface area (Å²) in [5.41, 5.74) is 9.59. The number of aryl methyl sites for hydroxylation is 2. The molecule has 0 bridgehead atoms. The number of fused-ring (bicyclic) bond motifs is 1. The Labute approximate surface area is 133 Å². The van der Waals surface area contributed by atoms with E-state index in [1.807, 2.05) is 12.1 Å². The highest BCUT2D eigenvalue weighted by Crippen LogP contribution is 2.28. The van der Waals surface area contributed by atoms with Crippen LogP contribution in [0, 0.1) is 0 Å². The van der Waals surface area contributed by atoms with Crippen LogP contribution in [0.25, 0.3) is 0 Å². The van der Waals surface area contributed by atoms with Crippen molar-refractivity contribution in [1.82, 2.24) is 0 Å². The Kier molecular flexibility index (Phi) is 3.80. The molecule has 0 saturated heterocycles. The van der Waals surface area contributed by atoms with Crippen LogP contribution in [0.4, 0.5) is 5.69 Å². The van der Waals surface area contributed by atoms with Crippen LogP contribution < -0.4 is 5.73 Å². The maximum atomic E-state index is 12.5. The van der Waals surface area contributed by atoms with E-state index in [0.717, 1.165) is 29.3 Å². The molecule has 2 N–H and O–H groups in total. The third-order valence-electron chi connectivity index (χ3n) is 3.83. The number of nitrogen functional groups attached to an aromatic ring is 1. The summed E-state index contributed by atoms with van der Waals surface area (Å²) in [6.45, 7) is 0. The van der Waals surface area contributed by atoms with E-state index in [9.17, 15) is 8.42 Å². The van der Waals surface area contributed by atoms with Gasteiger partial charge in [-0.25, -0.2) is 8.42 Å². The van der Waals surface area contributed by atoms with Gasteiger partial charge in [-0.1, -0.05) is 34.1 Å². The molecule has 0 aliphatic heterocycles. The smallest absolute Gasteiger partial charge is 0.184 e. The standard InChI is InChI=1S/C16H16BrNO2S/c17-14-6-7-16(15(18)9-14)21(19,20)10-11-4-5-12-2-1-3-13(12)8-11/h4-9H,1-3,10,18H2. The van der Waals surface area contributed by atoms with Crippen molar-refractivity contribution >= 4 is 31.5 Å². The van der Waals surface area contributed by atoms with Crippen LogP contribution in [0.1, 0.15) is 23.1 Å². The summed E-state index contributed by atoms with van der Waals surface area (Å²) in [7, 11) is -3.42. The molecule has 0 unspecified atom stereocenters. The average molecular weight is 366 g/mol. The lowest BCUT2D eigenvalue weighted by Crippen LogP contribution is -2.08. The summed E-state index contributed by atoms with van der Waals surface area (Å²) >= 11 is 3.29. The summed E-state index contributed by atoms with van der Waals surface area (Å²) < 4.78 is 25.9. The van der Waals surface area contributed by atoms with E-state index in [4.69, 9.17) is 5.73 Å². The minimum Gasteiger partial charge on any atom is -0.398 e.